The van der Waals surface area contributed by atoms with Crippen LogP contribution < -0.4 is 9.47 Å². The van der Waals surface area contributed by atoms with Gasteiger partial charge in [0.15, 0.2) is 0 Å². The van der Waals surface area contributed by atoms with Gasteiger partial charge in [0, 0.05) is 17.0 Å². The zero-order chi connectivity index (χ0) is 20.0. The number of methoxy groups -OCH3 is 2. The lowest BCUT2D eigenvalue weighted by atomic mass is 10.0. The topological polar surface area (TPSA) is 68.7 Å². The minimum atomic E-state index is -0.328. The Hall–Kier alpha value is -3.41. The van der Waals surface area contributed by atoms with Crippen LogP contribution in [0.25, 0.3) is 10.9 Å². The molecule has 2 aromatic carbocycles. The Balaban J connectivity index is 1.80. The van der Waals surface area contributed by atoms with E-state index in [1.807, 2.05) is 25.1 Å². The number of hydrogen-bond donors (Lipinski definition) is 0. The number of carbonyl (C=O) groups is 2. The number of fused-ring (bicyclic) bond motifs is 3. The summed E-state index contributed by atoms with van der Waals surface area (Å²) in [6.45, 7) is 3.83. The summed E-state index contributed by atoms with van der Waals surface area (Å²) >= 11 is 0. The summed E-state index contributed by atoms with van der Waals surface area (Å²) in [7, 11) is 3.12. The van der Waals surface area contributed by atoms with Gasteiger partial charge in [0.05, 0.1) is 43.1 Å². The molecule has 0 bridgehead atoms. The van der Waals surface area contributed by atoms with E-state index in [1.54, 1.807) is 39.3 Å². The van der Waals surface area contributed by atoms with E-state index in [0.717, 1.165) is 11.1 Å². The first-order chi connectivity index (χ1) is 13.4. The fourth-order valence-corrected chi connectivity index (χ4v) is 3.64. The highest BCUT2D eigenvalue weighted by Crippen LogP contribution is 2.34. The molecule has 0 saturated carbocycles. The first-order valence-corrected chi connectivity index (χ1v) is 8.92. The van der Waals surface area contributed by atoms with Crippen molar-refractivity contribution in [3.8, 4) is 11.5 Å². The normalized spacial score (nSPS) is 13.2. The molecular formula is C22H20N2O4. The number of hydrogen-bond acceptors (Lipinski definition) is 5. The minimum absolute atomic E-state index is 0.117. The molecule has 0 spiro atoms. The van der Waals surface area contributed by atoms with Crippen LogP contribution in [0.4, 0.5) is 0 Å². The summed E-state index contributed by atoms with van der Waals surface area (Å²) in [6.07, 6.45) is 0. The molecule has 2 amide bonds. The predicted octanol–water partition coefficient (Wildman–Crippen LogP) is 3.67. The molecule has 142 valence electrons. The van der Waals surface area contributed by atoms with Crippen molar-refractivity contribution in [2.24, 2.45) is 0 Å². The highest BCUT2D eigenvalue weighted by molar-refractivity contribution is 6.26. The Kier molecular flexibility index (Phi) is 4.26. The van der Waals surface area contributed by atoms with Gasteiger partial charge >= 0.3 is 0 Å². The van der Waals surface area contributed by atoms with E-state index in [2.05, 4.69) is 4.98 Å². The third-order valence-corrected chi connectivity index (χ3v) is 5.06. The van der Waals surface area contributed by atoms with E-state index >= 15 is 0 Å². The second kappa shape index (κ2) is 6.64. The largest absolute Gasteiger partial charge is 0.497 e. The average molecular weight is 376 g/mol. The molecule has 0 radical (unpaired) electrons. The van der Waals surface area contributed by atoms with Gasteiger partial charge in [-0.3, -0.25) is 19.5 Å². The standard InChI is InChI=1S/C22H20N2O4/c1-12-5-8-17-16(9-12)20-19(13(2)23-17)21(25)24(22(20)26)11-14-6-7-15(27-3)10-18(14)28-4/h5-10H,11H2,1-4H3. The Morgan fingerprint density at radius 1 is 0.929 bits per heavy atom. The predicted molar refractivity (Wildman–Crippen MR) is 105 cm³/mol. The Morgan fingerprint density at radius 3 is 2.39 bits per heavy atom. The zero-order valence-electron chi connectivity index (χ0n) is 16.2. The van der Waals surface area contributed by atoms with Crippen LogP contribution in [0, 0.1) is 13.8 Å². The molecule has 0 N–H and O–H groups in total. The van der Waals surface area contributed by atoms with Crippen LogP contribution in [0.5, 0.6) is 11.5 Å². The van der Waals surface area contributed by atoms with Gasteiger partial charge in [0.1, 0.15) is 11.5 Å². The van der Waals surface area contributed by atoms with Crippen LogP contribution in [0.1, 0.15) is 37.5 Å². The molecule has 28 heavy (non-hydrogen) atoms. The first kappa shape index (κ1) is 18.0. The van der Waals surface area contributed by atoms with E-state index in [9.17, 15) is 9.59 Å². The number of ether oxygens (including phenoxy) is 2. The molecule has 0 fully saturated rings. The Labute approximate surface area is 162 Å². The van der Waals surface area contributed by atoms with Gasteiger partial charge < -0.3 is 9.47 Å². The molecule has 6 heteroatoms. The summed E-state index contributed by atoms with van der Waals surface area (Å²) in [5, 5.41) is 0.711. The summed E-state index contributed by atoms with van der Waals surface area (Å²) in [5.74, 6) is 0.571. The molecule has 0 saturated heterocycles. The van der Waals surface area contributed by atoms with Gasteiger partial charge in [-0.05, 0) is 38.1 Å². The molecule has 3 aromatic rings. The summed E-state index contributed by atoms with van der Waals surface area (Å²) in [5.41, 5.74) is 3.83. The fourth-order valence-electron chi connectivity index (χ4n) is 3.64. The van der Waals surface area contributed by atoms with Crippen LogP contribution in [-0.2, 0) is 6.54 Å². The number of imide groups is 1. The third-order valence-electron chi connectivity index (χ3n) is 5.06. The van der Waals surface area contributed by atoms with Gasteiger partial charge in [-0.15, -0.1) is 0 Å². The third kappa shape index (κ3) is 2.69. The van der Waals surface area contributed by atoms with Crippen molar-refractivity contribution in [1.29, 1.82) is 0 Å². The maximum Gasteiger partial charge on any atom is 0.263 e. The molecule has 4 rings (SSSR count). The van der Waals surface area contributed by atoms with Crippen molar-refractivity contribution < 1.29 is 19.1 Å². The van der Waals surface area contributed by atoms with Gasteiger partial charge in [0.2, 0.25) is 0 Å². The fraction of sp³-hybridized carbons (Fsp3) is 0.227. The summed E-state index contributed by atoms with van der Waals surface area (Å²) in [4.78, 5) is 32.1. The second-order valence-corrected chi connectivity index (χ2v) is 6.84. The summed E-state index contributed by atoms with van der Waals surface area (Å²) < 4.78 is 10.6. The molecular weight excluding hydrogens is 356 g/mol. The van der Waals surface area contributed by atoms with Crippen molar-refractivity contribution >= 4 is 22.7 Å². The molecule has 6 nitrogen and oxygen atoms in total. The Bertz CT molecular complexity index is 1140. The molecule has 0 unspecified atom stereocenters. The number of rotatable bonds is 4. The van der Waals surface area contributed by atoms with Crippen molar-refractivity contribution in [1.82, 2.24) is 9.88 Å². The molecule has 0 atom stereocenters. The van der Waals surface area contributed by atoms with Gasteiger partial charge in [-0.2, -0.15) is 0 Å². The average Bonchev–Trinajstić information content (AvgIpc) is 2.94. The number of aryl methyl sites for hydroxylation is 2. The molecule has 1 aliphatic rings. The highest BCUT2D eigenvalue weighted by atomic mass is 16.5. The molecule has 2 heterocycles. The lowest BCUT2D eigenvalue weighted by molar-refractivity contribution is 0.0642. The van der Waals surface area contributed by atoms with Crippen molar-refractivity contribution in [3.63, 3.8) is 0 Å². The number of aromatic nitrogens is 1. The van der Waals surface area contributed by atoms with Crippen LogP contribution >= 0.6 is 0 Å². The zero-order valence-corrected chi connectivity index (χ0v) is 16.2. The van der Waals surface area contributed by atoms with Gasteiger partial charge in [-0.1, -0.05) is 11.6 Å². The molecule has 0 aliphatic carbocycles. The number of benzene rings is 2. The SMILES string of the molecule is COc1ccc(CN2C(=O)c3c(C)nc4ccc(C)cc4c3C2=O)c(OC)c1. The van der Waals surface area contributed by atoms with E-state index < -0.39 is 0 Å². The maximum atomic E-state index is 13.2. The van der Waals surface area contributed by atoms with Crippen molar-refractivity contribution in [2.45, 2.75) is 20.4 Å². The van der Waals surface area contributed by atoms with Crippen molar-refractivity contribution in [2.75, 3.05) is 14.2 Å². The second-order valence-electron chi connectivity index (χ2n) is 6.84. The Morgan fingerprint density at radius 2 is 1.68 bits per heavy atom. The van der Waals surface area contributed by atoms with E-state index in [1.165, 1.54) is 4.90 Å². The van der Waals surface area contributed by atoms with Crippen LogP contribution in [-0.4, -0.2) is 35.9 Å². The van der Waals surface area contributed by atoms with Gasteiger partial charge in [-0.25, -0.2) is 0 Å². The quantitative estimate of drug-likeness (QED) is 0.650. The van der Waals surface area contributed by atoms with Crippen LogP contribution in [0.15, 0.2) is 36.4 Å². The maximum absolute atomic E-state index is 13.2. The number of pyridine rings is 1. The highest BCUT2D eigenvalue weighted by Gasteiger charge is 2.39. The van der Waals surface area contributed by atoms with E-state index in [-0.39, 0.29) is 18.4 Å². The minimum Gasteiger partial charge on any atom is -0.497 e. The lowest BCUT2D eigenvalue weighted by Crippen LogP contribution is -2.29. The number of amides is 2. The monoisotopic (exact) mass is 376 g/mol. The van der Waals surface area contributed by atoms with Crippen LogP contribution in [0.2, 0.25) is 0 Å². The number of nitrogens with zero attached hydrogens (tertiary/aromatic N) is 2. The molecule has 1 aliphatic heterocycles. The van der Waals surface area contributed by atoms with E-state index in [4.69, 9.17) is 9.47 Å². The van der Waals surface area contributed by atoms with E-state index in [0.29, 0.717) is 39.2 Å². The number of carbonyl (C=O) groups excluding carboxylic acids is 2. The molecule has 1 aromatic heterocycles. The lowest BCUT2D eigenvalue weighted by Gasteiger charge is -2.17. The van der Waals surface area contributed by atoms with Gasteiger partial charge in [0.25, 0.3) is 11.8 Å². The van der Waals surface area contributed by atoms with Crippen LogP contribution in [0.3, 0.4) is 0 Å². The first-order valence-electron chi connectivity index (χ1n) is 8.92. The summed E-state index contributed by atoms with van der Waals surface area (Å²) in [6, 6.07) is 11.0. The van der Waals surface area contributed by atoms with Crippen molar-refractivity contribution in [3.05, 3.63) is 64.3 Å². The smallest absolute Gasteiger partial charge is 0.263 e.